The van der Waals surface area contributed by atoms with Crippen LogP contribution in [0.25, 0.3) is 11.1 Å². The fourth-order valence-electron chi connectivity index (χ4n) is 4.74. The summed E-state index contributed by atoms with van der Waals surface area (Å²) in [6.45, 7) is 19.5. The zero-order valence-electron chi connectivity index (χ0n) is 28.9. The summed E-state index contributed by atoms with van der Waals surface area (Å²) < 4.78 is 47.0. The van der Waals surface area contributed by atoms with Crippen LogP contribution in [0.3, 0.4) is 0 Å². The molecule has 0 atom stereocenters. The van der Waals surface area contributed by atoms with Gasteiger partial charge in [-0.2, -0.15) is 0 Å². The number of carbonyl (C=O) groups excluding carboxylic acids is 2. The van der Waals surface area contributed by atoms with Gasteiger partial charge in [0.2, 0.25) is 0 Å². The number of benzene rings is 2. The summed E-state index contributed by atoms with van der Waals surface area (Å²) in [6.07, 6.45) is 1.42. The van der Waals surface area contributed by atoms with Crippen molar-refractivity contribution in [3.63, 3.8) is 0 Å². The van der Waals surface area contributed by atoms with Crippen LogP contribution in [0.15, 0.2) is 36.4 Å². The Labute approximate surface area is 274 Å². The van der Waals surface area contributed by atoms with Crippen LogP contribution in [0.1, 0.15) is 80.4 Å². The van der Waals surface area contributed by atoms with Crippen molar-refractivity contribution in [3.05, 3.63) is 47.5 Å². The van der Waals surface area contributed by atoms with Crippen LogP contribution in [0.2, 0.25) is 0 Å². The van der Waals surface area contributed by atoms with Gasteiger partial charge >= 0.3 is 27.6 Å². The van der Waals surface area contributed by atoms with Crippen LogP contribution >= 0.6 is 15.5 Å². The number of amides is 4. The van der Waals surface area contributed by atoms with E-state index in [1.165, 1.54) is 0 Å². The summed E-state index contributed by atoms with van der Waals surface area (Å²) in [5.41, 5.74) is 3.77. The number of hydrogen-bond acceptors (Lipinski definition) is 8. The topological polar surface area (TPSA) is 153 Å². The Balaban J connectivity index is 2.66. The molecule has 0 spiro atoms. The van der Waals surface area contributed by atoms with Gasteiger partial charge in [0.25, 0.3) is 0 Å². The van der Waals surface area contributed by atoms with Crippen molar-refractivity contribution in [1.82, 2.24) is 10.2 Å². The lowest BCUT2D eigenvalue weighted by molar-refractivity contribution is 0.207. The molecular weight excluding hydrogens is 630 g/mol. The molecule has 2 aromatic carbocycles. The van der Waals surface area contributed by atoms with Gasteiger partial charge in [0.15, 0.2) is 0 Å². The second-order valence-corrected chi connectivity index (χ2v) is 16.5. The van der Waals surface area contributed by atoms with E-state index in [9.17, 15) is 18.7 Å². The molecule has 0 radical (unpaired) electrons. The molecule has 258 valence electrons. The zero-order valence-corrected chi connectivity index (χ0v) is 30.7. The molecule has 0 heterocycles. The van der Waals surface area contributed by atoms with E-state index in [1.54, 1.807) is 27.7 Å². The molecule has 4 amide bonds. The molecule has 0 fully saturated rings. The van der Waals surface area contributed by atoms with Crippen molar-refractivity contribution in [1.29, 1.82) is 0 Å². The van der Waals surface area contributed by atoms with E-state index >= 15 is 0 Å². The second kappa shape index (κ2) is 16.9. The predicted octanol–water partition coefficient (Wildman–Crippen LogP) is 9.14. The van der Waals surface area contributed by atoms with Gasteiger partial charge in [-0.1, -0.05) is 65.8 Å². The van der Waals surface area contributed by atoms with Crippen molar-refractivity contribution in [3.8, 4) is 11.1 Å². The molecule has 14 heteroatoms. The summed E-state index contributed by atoms with van der Waals surface area (Å²) in [4.78, 5) is 26.4. The van der Waals surface area contributed by atoms with Crippen molar-refractivity contribution in [2.45, 2.75) is 82.1 Å². The highest BCUT2D eigenvalue weighted by Crippen LogP contribution is 2.45. The maximum absolute atomic E-state index is 13.2. The number of nitrogens with one attached hydrogen (secondary N) is 4. The molecule has 0 aliphatic heterocycles. The van der Waals surface area contributed by atoms with Gasteiger partial charge in [0.05, 0.1) is 37.8 Å². The molecule has 2 aromatic rings. The number of urea groups is 2. The van der Waals surface area contributed by atoms with Gasteiger partial charge in [0.1, 0.15) is 0 Å². The van der Waals surface area contributed by atoms with Crippen molar-refractivity contribution < 1.29 is 36.8 Å². The molecule has 0 aliphatic rings. The SMILES string of the molecule is CCOP(=O)(NC(=O)Nc1cc(CC(C)(C)C)ccc1-c1ccc(CC(C)(C)C)cc1NC(=O)NP(=O)(OCC)OCC)OCC. The molecule has 0 saturated carbocycles. The Kier molecular flexibility index (Phi) is 14.5. The summed E-state index contributed by atoms with van der Waals surface area (Å²) in [5, 5.41) is 10.3. The highest BCUT2D eigenvalue weighted by Gasteiger charge is 2.29. The van der Waals surface area contributed by atoms with E-state index in [1.807, 2.05) is 36.4 Å². The van der Waals surface area contributed by atoms with Crippen LogP contribution in [0, 0.1) is 10.8 Å². The van der Waals surface area contributed by atoms with E-state index in [4.69, 9.17) is 18.1 Å². The first-order chi connectivity index (χ1) is 21.3. The predicted molar refractivity (Wildman–Crippen MR) is 184 cm³/mol. The molecule has 2 rings (SSSR count). The minimum Gasteiger partial charge on any atom is -0.307 e. The number of hydrogen-bond donors (Lipinski definition) is 4. The van der Waals surface area contributed by atoms with Crippen molar-refractivity contribution >= 4 is 38.9 Å². The minimum absolute atomic E-state index is 0.0465. The van der Waals surface area contributed by atoms with Crippen LogP contribution in [-0.2, 0) is 40.1 Å². The van der Waals surface area contributed by atoms with Gasteiger partial charge < -0.3 is 10.6 Å². The number of anilines is 2. The maximum Gasteiger partial charge on any atom is 0.436 e. The number of carbonyl (C=O) groups is 2. The number of rotatable bonds is 15. The summed E-state index contributed by atoms with van der Waals surface area (Å²) >= 11 is 0. The first kappa shape index (κ1) is 39.5. The largest absolute Gasteiger partial charge is 0.436 e. The minimum atomic E-state index is -3.91. The molecule has 12 nitrogen and oxygen atoms in total. The van der Waals surface area contributed by atoms with Crippen LogP contribution in [0.5, 0.6) is 0 Å². The lowest BCUT2D eigenvalue weighted by Crippen LogP contribution is -2.29. The third kappa shape index (κ3) is 13.2. The average Bonchev–Trinajstić information content (AvgIpc) is 2.87. The molecule has 0 unspecified atom stereocenters. The Bertz CT molecular complexity index is 1310. The summed E-state index contributed by atoms with van der Waals surface area (Å²) in [7, 11) is -7.82. The molecule has 0 aliphatic carbocycles. The van der Waals surface area contributed by atoms with Gasteiger partial charge in [-0.25, -0.2) is 28.9 Å². The zero-order chi connectivity index (χ0) is 34.8. The van der Waals surface area contributed by atoms with E-state index < -0.39 is 27.6 Å². The summed E-state index contributed by atoms with van der Waals surface area (Å²) in [5.74, 6) is 0. The molecule has 0 aromatic heterocycles. The second-order valence-electron chi connectivity index (χ2n) is 13.0. The first-order valence-electron chi connectivity index (χ1n) is 15.6. The Morgan fingerprint density at radius 2 is 0.891 bits per heavy atom. The van der Waals surface area contributed by atoms with Crippen LogP contribution in [0.4, 0.5) is 21.0 Å². The normalized spacial score (nSPS) is 12.5. The quantitative estimate of drug-likeness (QED) is 0.136. The lowest BCUT2D eigenvalue weighted by atomic mass is 9.86. The molecule has 0 bridgehead atoms. The standard InChI is InChI=1S/C32H52N4O8P2/c1-11-41-45(39,42-12-2)35-29(37)33-27-19-23(21-31(5,6)7)15-17-25(27)26-18-16-24(22-32(8,9)10)20-28(26)34-30(38)36-46(40,43-13-3)44-14-4/h15-20H,11-14,21-22H2,1-10H3,(H2,33,35,37,39)(H2,34,36,38,40). The highest BCUT2D eigenvalue weighted by atomic mass is 31.2. The van der Waals surface area contributed by atoms with Crippen LogP contribution < -0.4 is 20.8 Å². The fraction of sp³-hybridized carbons (Fsp3) is 0.562. The Hall–Kier alpha value is -2.72. The van der Waals surface area contributed by atoms with Gasteiger partial charge in [-0.15, -0.1) is 0 Å². The Morgan fingerprint density at radius 3 is 1.15 bits per heavy atom. The van der Waals surface area contributed by atoms with E-state index in [0.29, 0.717) is 35.3 Å². The maximum atomic E-state index is 13.2. The highest BCUT2D eigenvalue weighted by molar-refractivity contribution is 7.52. The van der Waals surface area contributed by atoms with Gasteiger partial charge in [-0.3, -0.25) is 18.1 Å². The van der Waals surface area contributed by atoms with E-state index in [-0.39, 0.29) is 37.3 Å². The van der Waals surface area contributed by atoms with Crippen LogP contribution in [-0.4, -0.2) is 38.5 Å². The smallest absolute Gasteiger partial charge is 0.307 e. The summed E-state index contributed by atoms with van der Waals surface area (Å²) in [6, 6.07) is 9.75. The van der Waals surface area contributed by atoms with E-state index in [0.717, 1.165) is 11.1 Å². The van der Waals surface area contributed by atoms with Crippen molar-refractivity contribution in [2.24, 2.45) is 10.8 Å². The molecular formula is C32H52N4O8P2. The van der Waals surface area contributed by atoms with Crippen molar-refractivity contribution in [2.75, 3.05) is 37.1 Å². The molecule has 46 heavy (non-hydrogen) atoms. The fourth-order valence-corrected chi connectivity index (χ4v) is 7.11. The van der Waals surface area contributed by atoms with E-state index in [2.05, 4.69) is 62.4 Å². The third-order valence-electron chi connectivity index (χ3n) is 6.10. The van der Waals surface area contributed by atoms with Gasteiger partial charge in [-0.05, 0) is 74.6 Å². The molecule has 0 saturated heterocycles. The first-order valence-corrected chi connectivity index (χ1v) is 18.7. The molecule has 4 N–H and O–H groups in total. The third-order valence-corrected chi connectivity index (χ3v) is 9.44. The Morgan fingerprint density at radius 1 is 0.587 bits per heavy atom. The average molecular weight is 683 g/mol. The lowest BCUT2D eigenvalue weighted by Gasteiger charge is -2.23. The monoisotopic (exact) mass is 682 g/mol. The van der Waals surface area contributed by atoms with Gasteiger partial charge in [0, 0.05) is 11.1 Å².